The number of aryl methyl sites for hydroxylation is 1. The normalized spacial score (nSPS) is 10.5. The topological polar surface area (TPSA) is 64.1 Å². The van der Waals surface area contributed by atoms with E-state index in [0.29, 0.717) is 24.6 Å². The Bertz CT molecular complexity index is 875. The van der Waals surface area contributed by atoms with Crippen molar-refractivity contribution in [3.63, 3.8) is 0 Å². The van der Waals surface area contributed by atoms with Crippen LogP contribution < -0.4 is 10.1 Å². The minimum atomic E-state index is -0.170. The Morgan fingerprint density at radius 1 is 1.23 bits per heavy atom. The highest BCUT2D eigenvalue weighted by Crippen LogP contribution is 2.22. The Labute approximate surface area is 157 Å². The molecule has 1 amide bonds. The molecule has 0 saturated carbocycles. The number of thiazole rings is 1. The summed E-state index contributed by atoms with van der Waals surface area (Å²) in [5, 5.41) is 6.05. The van der Waals surface area contributed by atoms with Crippen molar-refractivity contribution in [2.24, 2.45) is 0 Å². The van der Waals surface area contributed by atoms with Crippen LogP contribution in [0.5, 0.6) is 5.88 Å². The largest absolute Gasteiger partial charge is 0.477 e. The van der Waals surface area contributed by atoms with Crippen LogP contribution in [-0.4, -0.2) is 29.0 Å². The van der Waals surface area contributed by atoms with Crippen molar-refractivity contribution < 1.29 is 9.53 Å². The molecular weight excluding hydrogens is 346 g/mol. The molecule has 5 nitrogen and oxygen atoms in total. The minimum Gasteiger partial charge on any atom is -0.477 e. The molecule has 0 aliphatic carbocycles. The average Bonchev–Trinajstić information content (AvgIpc) is 3.09. The third kappa shape index (κ3) is 4.46. The molecule has 0 spiro atoms. The molecule has 1 N–H and O–H groups in total. The molecule has 2 aromatic heterocycles. The Morgan fingerprint density at radius 2 is 2.04 bits per heavy atom. The maximum absolute atomic E-state index is 12.3. The van der Waals surface area contributed by atoms with Gasteiger partial charge in [-0.05, 0) is 38.0 Å². The third-order valence-electron chi connectivity index (χ3n) is 3.86. The van der Waals surface area contributed by atoms with Crippen LogP contribution >= 0.6 is 11.3 Å². The number of nitrogens with zero attached hydrogens (tertiary/aromatic N) is 2. The number of amides is 1. The van der Waals surface area contributed by atoms with Gasteiger partial charge in [0.05, 0.1) is 17.3 Å². The van der Waals surface area contributed by atoms with Crippen LogP contribution in [0.25, 0.3) is 11.3 Å². The van der Waals surface area contributed by atoms with E-state index in [-0.39, 0.29) is 5.91 Å². The predicted octanol–water partition coefficient (Wildman–Crippen LogP) is 3.88. The highest BCUT2D eigenvalue weighted by Gasteiger charge is 2.12. The first-order valence-corrected chi connectivity index (χ1v) is 9.43. The smallest absolute Gasteiger partial charge is 0.256 e. The fourth-order valence-electron chi connectivity index (χ4n) is 2.57. The first kappa shape index (κ1) is 18.1. The summed E-state index contributed by atoms with van der Waals surface area (Å²) in [6.45, 7) is 4.90. The Hall–Kier alpha value is -2.73. The minimum absolute atomic E-state index is 0.170. The lowest BCUT2D eigenvalue weighted by molar-refractivity contribution is 0.0949. The quantitative estimate of drug-likeness (QED) is 0.688. The van der Waals surface area contributed by atoms with Gasteiger partial charge in [-0.15, -0.1) is 11.3 Å². The molecule has 2 heterocycles. The van der Waals surface area contributed by atoms with Gasteiger partial charge in [-0.2, -0.15) is 0 Å². The Kier molecular flexibility index (Phi) is 5.96. The lowest BCUT2D eigenvalue weighted by atomic mass is 10.1. The standard InChI is InChI=1S/C20H21N3O2S/c1-3-25-20-17(5-4-11-22-20)19(24)21-12-10-15-6-8-16(9-7-15)18-13-26-14(2)23-18/h4-9,11,13H,3,10,12H2,1-2H3,(H,21,24). The van der Waals surface area contributed by atoms with Gasteiger partial charge >= 0.3 is 0 Å². The highest BCUT2D eigenvalue weighted by atomic mass is 32.1. The summed E-state index contributed by atoms with van der Waals surface area (Å²) in [6.07, 6.45) is 2.37. The van der Waals surface area contributed by atoms with E-state index in [9.17, 15) is 4.79 Å². The summed E-state index contributed by atoms with van der Waals surface area (Å²) in [6, 6.07) is 11.7. The van der Waals surface area contributed by atoms with E-state index in [1.165, 1.54) is 0 Å². The van der Waals surface area contributed by atoms with Gasteiger partial charge in [-0.25, -0.2) is 9.97 Å². The van der Waals surface area contributed by atoms with Crippen LogP contribution in [-0.2, 0) is 6.42 Å². The summed E-state index contributed by atoms with van der Waals surface area (Å²) < 4.78 is 5.40. The molecule has 0 aliphatic heterocycles. The number of carbonyl (C=O) groups is 1. The van der Waals surface area contributed by atoms with E-state index < -0.39 is 0 Å². The van der Waals surface area contributed by atoms with Gasteiger partial charge < -0.3 is 10.1 Å². The fourth-order valence-corrected chi connectivity index (χ4v) is 3.19. The summed E-state index contributed by atoms with van der Waals surface area (Å²) >= 11 is 1.65. The van der Waals surface area contributed by atoms with Crippen molar-refractivity contribution in [3.8, 4) is 17.1 Å². The molecule has 6 heteroatoms. The van der Waals surface area contributed by atoms with Gasteiger partial charge in [-0.3, -0.25) is 4.79 Å². The first-order valence-electron chi connectivity index (χ1n) is 8.55. The van der Waals surface area contributed by atoms with E-state index in [4.69, 9.17) is 4.74 Å². The van der Waals surface area contributed by atoms with Gasteiger partial charge in [0.25, 0.3) is 5.91 Å². The molecule has 1 aromatic carbocycles. The van der Waals surface area contributed by atoms with Crippen molar-refractivity contribution in [2.45, 2.75) is 20.3 Å². The van der Waals surface area contributed by atoms with Crippen molar-refractivity contribution >= 4 is 17.2 Å². The zero-order valence-corrected chi connectivity index (χ0v) is 15.7. The van der Waals surface area contributed by atoms with Crippen molar-refractivity contribution in [1.29, 1.82) is 0 Å². The molecule has 0 bridgehead atoms. The number of hydrogen-bond donors (Lipinski definition) is 1. The average molecular weight is 367 g/mol. The van der Waals surface area contributed by atoms with E-state index in [1.807, 2.05) is 13.8 Å². The molecular formula is C20H21N3O2S. The predicted molar refractivity (Wildman–Crippen MR) is 104 cm³/mol. The summed E-state index contributed by atoms with van der Waals surface area (Å²) in [4.78, 5) is 20.9. The van der Waals surface area contributed by atoms with Crippen molar-refractivity contribution in [1.82, 2.24) is 15.3 Å². The summed E-state index contributed by atoms with van der Waals surface area (Å²) in [5.74, 6) is 0.200. The van der Waals surface area contributed by atoms with Crippen LogP contribution in [0.4, 0.5) is 0 Å². The van der Waals surface area contributed by atoms with E-state index in [2.05, 4.69) is 44.9 Å². The number of nitrogens with one attached hydrogen (secondary N) is 1. The zero-order chi connectivity index (χ0) is 18.4. The first-order chi connectivity index (χ1) is 12.7. The van der Waals surface area contributed by atoms with Crippen LogP contribution in [0.15, 0.2) is 48.0 Å². The third-order valence-corrected chi connectivity index (χ3v) is 4.64. The van der Waals surface area contributed by atoms with E-state index in [1.54, 1.807) is 29.7 Å². The zero-order valence-electron chi connectivity index (χ0n) is 14.9. The fraction of sp³-hybridized carbons (Fsp3) is 0.250. The number of aromatic nitrogens is 2. The van der Waals surface area contributed by atoms with Crippen LogP contribution in [0.3, 0.4) is 0 Å². The van der Waals surface area contributed by atoms with E-state index in [0.717, 1.165) is 28.2 Å². The van der Waals surface area contributed by atoms with Crippen molar-refractivity contribution in [2.75, 3.05) is 13.2 Å². The van der Waals surface area contributed by atoms with Gasteiger partial charge in [0.1, 0.15) is 5.56 Å². The maximum Gasteiger partial charge on any atom is 0.256 e. The molecule has 0 fully saturated rings. The maximum atomic E-state index is 12.3. The number of ether oxygens (including phenoxy) is 1. The lowest BCUT2D eigenvalue weighted by Gasteiger charge is -2.09. The molecule has 0 aliphatic rings. The Balaban J connectivity index is 1.56. The van der Waals surface area contributed by atoms with Gasteiger partial charge in [0.15, 0.2) is 0 Å². The SMILES string of the molecule is CCOc1ncccc1C(=O)NCCc1ccc(-c2csc(C)n2)cc1. The summed E-state index contributed by atoms with van der Waals surface area (Å²) in [5.41, 5.74) is 3.74. The molecule has 0 unspecified atom stereocenters. The monoisotopic (exact) mass is 367 g/mol. The van der Waals surface area contributed by atoms with Crippen molar-refractivity contribution in [3.05, 3.63) is 64.1 Å². The van der Waals surface area contributed by atoms with Gasteiger partial charge in [-0.1, -0.05) is 24.3 Å². The second kappa shape index (κ2) is 8.58. The molecule has 134 valence electrons. The molecule has 3 rings (SSSR count). The second-order valence-electron chi connectivity index (χ2n) is 5.74. The highest BCUT2D eigenvalue weighted by molar-refractivity contribution is 7.09. The van der Waals surface area contributed by atoms with Gasteiger partial charge in [0.2, 0.25) is 5.88 Å². The van der Waals surface area contributed by atoms with Crippen LogP contribution in [0.1, 0.15) is 27.9 Å². The number of hydrogen-bond acceptors (Lipinski definition) is 5. The number of pyridine rings is 1. The molecule has 0 atom stereocenters. The summed E-state index contributed by atoms with van der Waals surface area (Å²) in [7, 11) is 0. The number of carbonyl (C=O) groups excluding carboxylic acids is 1. The number of rotatable bonds is 7. The Morgan fingerprint density at radius 3 is 2.73 bits per heavy atom. The molecule has 0 saturated heterocycles. The lowest BCUT2D eigenvalue weighted by Crippen LogP contribution is -2.26. The van der Waals surface area contributed by atoms with E-state index >= 15 is 0 Å². The molecule has 3 aromatic rings. The second-order valence-corrected chi connectivity index (χ2v) is 6.81. The number of benzene rings is 1. The van der Waals surface area contributed by atoms with Gasteiger partial charge in [0, 0.05) is 23.7 Å². The van der Waals surface area contributed by atoms with Crippen LogP contribution in [0.2, 0.25) is 0 Å². The van der Waals surface area contributed by atoms with Crippen LogP contribution in [0, 0.1) is 6.92 Å². The molecule has 26 heavy (non-hydrogen) atoms. The molecule has 0 radical (unpaired) electrons.